The number of aromatic nitrogens is 4. The van der Waals surface area contributed by atoms with Crippen LogP contribution in [0.25, 0.3) is 0 Å². The van der Waals surface area contributed by atoms with E-state index < -0.39 is 0 Å². The summed E-state index contributed by atoms with van der Waals surface area (Å²) in [7, 11) is 0. The van der Waals surface area contributed by atoms with Gasteiger partial charge in [-0.25, -0.2) is 14.9 Å². The molecule has 0 aliphatic heterocycles. The average molecular weight is 410 g/mol. The summed E-state index contributed by atoms with van der Waals surface area (Å²) in [4.78, 5) is 16.7. The highest BCUT2D eigenvalue weighted by Gasteiger charge is 2.11. The first-order valence-electron chi connectivity index (χ1n) is 8.86. The Labute approximate surface area is 170 Å². The maximum Gasteiger partial charge on any atom is 0.343 e. The van der Waals surface area contributed by atoms with Gasteiger partial charge in [0.25, 0.3) is 0 Å². The smallest absolute Gasteiger partial charge is 0.332 e. The minimum atomic E-state index is -0.178. The zero-order chi connectivity index (χ0) is 19.2. The van der Waals surface area contributed by atoms with Crippen molar-refractivity contribution in [1.82, 2.24) is 19.7 Å². The van der Waals surface area contributed by atoms with Crippen molar-refractivity contribution >= 4 is 33.9 Å². The number of nitrogens with one attached hydrogen (secondary N) is 2. The van der Waals surface area contributed by atoms with Crippen LogP contribution in [0.3, 0.4) is 0 Å². The van der Waals surface area contributed by atoms with E-state index in [-0.39, 0.29) is 5.69 Å². The molecule has 0 radical (unpaired) electrons. The molecule has 0 bridgehead atoms. The predicted octanol–water partition coefficient (Wildman–Crippen LogP) is 4.31. The van der Waals surface area contributed by atoms with Gasteiger partial charge in [-0.3, -0.25) is 4.57 Å². The first-order chi connectivity index (χ1) is 13.8. The third-order valence-corrected chi connectivity index (χ3v) is 5.93. The standard InChI is InChI=1S/C20H19N5OS2/c26-19-23-24-20(25(19)12-11-15-7-3-1-4-8-15)28-14-17-13-27-18(22-17)21-16-9-5-2-6-10-16/h1-10,13H,11-12,14H2,(H,21,22)(H,23,26). The van der Waals surface area contributed by atoms with Gasteiger partial charge in [0.15, 0.2) is 10.3 Å². The molecule has 0 aliphatic carbocycles. The Balaban J connectivity index is 1.37. The lowest BCUT2D eigenvalue weighted by Crippen LogP contribution is -2.18. The molecule has 2 N–H and O–H groups in total. The molecule has 2 aromatic carbocycles. The highest BCUT2D eigenvalue weighted by Crippen LogP contribution is 2.25. The van der Waals surface area contributed by atoms with Crippen molar-refractivity contribution in [3.63, 3.8) is 0 Å². The van der Waals surface area contributed by atoms with E-state index in [2.05, 4.69) is 32.6 Å². The summed E-state index contributed by atoms with van der Waals surface area (Å²) >= 11 is 3.08. The second kappa shape index (κ2) is 8.90. The predicted molar refractivity (Wildman–Crippen MR) is 114 cm³/mol. The van der Waals surface area contributed by atoms with Crippen LogP contribution in [0.1, 0.15) is 11.3 Å². The molecule has 4 rings (SSSR count). The molecule has 0 unspecified atom stereocenters. The monoisotopic (exact) mass is 409 g/mol. The molecular formula is C20H19N5OS2. The molecule has 28 heavy (non-hydrogen) atoms. The van der Waals surface area contributed by atoms with Crippen molar-refractivity contribution in [2.45, 2.75) is 23.9 Å². The summed E-state index contributed by atoms with van der Waals surface area (Å²) in [6.07, 6.45) is 0.787. The van der Waals surface area contributed by atoms with Crippen molar-refractivity contribution in [1.29, 1.82) is 0 Å². The molecule has 142 valence electrons. The van der Waals surface area contributed by atoms with Crippen molar-refractivity contribution in [3.8, 4) is 0 Å². The number of para-hydroxylation sites is 1. The van der Waals surface area contributed by atoms with Gasteiger partial charge in [0.05, 0.1) is 5.69 Å². The number of rotatable bonds is 8. The summed E-state index contributed by atoms with van der Waals surface area (Å²) in [5.74, 6) is 0.655. The number of nitrogens with zero attached hydrogens (tertiary/aromatic N) is 3. The normalized spacial score (nSPS) is 10.9. The Morgan fingerprint density at radius 2 is 1.82 bits per heavy atom. The molecule has 8 heteroatoms. The van der Waals surface area contributed by atoms with E-state index in [4.69, 9.17) is 0 Å². The fourth-order valence-corrected chi connectivity index (χ4v) is 4.41. The lowest BCUT2D eigenvalue weighted by molar-refractivity contribution is 0.616. The molecule has 4 aromatic rings. The van der Waals surface area contributed by atoms with E-state index >= 15 is 0 Å². The molecule has 0 fully saturated rings. The summed E-state index contributed by atoms with van der Waals surface area (Å²) in [6.45, 7) is 0.597. The van der Waals surface area contributed by atoms with Crippen LogP contribution in [0.15, 0.2) is 76.0 Å². The van der Waals surface area contributed by atoms with Crippen molar-refractivity contribution < 1.29 is 0 Å². The van der Waals surface area contributed by atoms with E-state index in [1.807, 2.05) is 53.9 Å². The quantitative estimate of drug-likeness (QED) is 0.424. The van der Waals surface area contributed by atoms with Crippen LogP contribution in [-0.2, 0) is 18.7 Å². The Morgan fingerprint density at radius 1 is 1.07 bits per heavy atom. The number of hydrogen-bond donors (Lipinski definition) is 2. The maximum atomic E-state index is 12.1. The van der Waals surface area contributed by atoms with E-state index in [0.717, 1.165) is 22.9 Å². The topological polar surface area (TPSA) is 75.6 Å². The van der Waals surface area contributed by atoms with E-state index in [0.29, 0.717) is 17.5 Å². The fraction of sp³-hybridized carbons (Fsp3) is 0.150. The Hall–Kier alpha value is -2.84. The molecule has 0 aliphatic rings. The third-order valence-electron chi connectivity index (χ3n) is 4.12. The van der Waals surface area contributed by atoms with Crippen molar-refractivity contribution in [3.05, 3.63) is 87.8 Å². The first-order valence-corrected chi connectivity index (χ1v) is 10.7. The number of H-pyrrole nitrogens is 1. The van der Waals surface area contributed by atoms with Gasteiger partial charge in [0, 0.05) is 23.4 Å². The van der Waals surface area contributed by atoms with E-state index in [9.17, 15) is 4.79 Å². The van der Waals surface area contributed by atoms with Crippen LogP contribution in [0, 0.1) is 0 Å². The van der Waals surface area contributed by atoms with Crippen LogP contribution in [0.5, 0.6) is 0 Å². The van der Waals surface area contributed by atoms with Crippen LogP contribution < -0.4 is 11.0 Å². The van der Waals surface area contributed by atoms with Gasteiger partial charge in [-0.1, -0.05) is 60.3 Å². The minimum absolute atomic E-state index is 0.178. The Kier molecular flexibility index (Phi) is 5.89. The van der Waals surface area contributed by atoms with Gasteiger partial charge < -0.3 is 5.32 Å². The van der Waals surface area contributed by atoms with E-state index in [1.54, 1.807) is 15.9 Å². The molecule has 2 heterocycles. The summed E-state index contributed by atoms with van der Waals surface area (Å²) in [5.41, 5.74) is 2.99. The molecule has 2 aromatic heterocycles. The van der Waals surface area contributed by atoms with Gasteiger partial charge in [-0.15, -0.1) is 16.4 Å². The molecule has 0 atom stereocenters. The first kappa shape index (κ1) is 18.5. The molecule has 0 amide bonds. The highest BCUT2D eigenvalue weighted by atomic mass is 32.2. The third kappa shape index (κ3) is 4.71. The summed E-state index contributed by atoms with van der Waals surface area (Å²) < 4.78 is 1.69. The van der Waals surface area contributed by atoms with Gasteiger partial charge >= 0.3 is 5.69 Å². The number of benzene rings is 2. The highest BCUT2D eigenvalue weighted by molar-refractivity contribution is 7.98. The second-order valence-corrected chi connectivity index (χ2v) is 7.92. The van der Waals surface area contributed by atoms with Crippen LogP contribution in [-0.4, -0.2) is 19.7 Å². The SMILES string of the molecule is O=c1[nH]nc(SCc2csc(Nc3ccccc3)n2)n1CCc1ccccc1. The number of thioether (sulfide) groups is 1. The summed E-state index contributed by atoms with van der Waals surface area (Å²) in [6, 6.07) is 20.1. The largest absolute Gasteiger partial charge is 0.343 e. The molecule has 6 nitrogen and oxygen atoms in total. The molecule has 0 spiro atoms. The average Bonchev–Trinajstić information content (AvgIpc) is 3.32. The fourth-order valence-electron chi connectivity index (χ4n) is 2.71. The van der Waals surface area contributed by atoms with Gasteiger partial charge in [0.2, 0.25) is 0 Å². The number of aromatic amines is 1. The molecule has 0 saturated carbocycles. The zero-order valence-corrected chi connectivity index (χ0v) is 16.7. The molecular weight excluding hydrogens is 390 g/mol. The number of aryl methyl sites for hydroxylation is 1. The maximum absolute atomic E-state index is 12.1. The van der Waals surface area contributed by atoms with Crippen LogP contribution in [0.4, 0.5) is 10.8 Å². The van der Waals surface area contributed by atoms with Gasteiger partial charge in [-0.05, 0) is 24.1 Å². The van der Waals surface area contributed by atoms with E-state index in [1.165, 1.54) is 17.3 Å². The lowest BCUT2D eigenvalue weighted by Gasteiger charge is -2.05. The van der Waals surface area contributed by atoms with Crippen molar-refractivity contribution in [2.75, 3.05) is 5.32 Å². The number of thiazole rings is 1. The minimum Gasteiger partial charge on any atom is -0.332 e. The number of anilines is 2. The van der Waals surface area contributed by atoms with Crippen molar-refractivity contribution in [2.24, 2.45) is 0 Å². The Bertz CT molecular complexity index is 1070. The number of hydrogen-bond acceptors (Lipinski definition) is 6. The molecule has 0 saturated heterocycles. The summed E-state index contributed by atoms with van der Waals surface area (Å²) in [5, 5.41) is 13.6. The van der Waals surface area contributed by atoms with Crippen LogP contribution in [0.2, 0.25) is 0 Å². The van der Waals surface area contributed by atoms with Crippen LogP contribution >= 0.6 is 23.1 Å². The zero-order valence-electron chi connectivity index (χ0n) is 15.0. The second-order valence-electron chi connectivity index (χ2n) is 6.12. The van der Waals surface area contributed by atoms with Gasteiger partial charge in [0.1, 0.15) is 0 Å². The van der Waals surface area contributed by atoms with Gasteiger partial charge in [-0.2, -0.15) is 0 Å². The lowest BCUT2D eigenvalue weighted by atomic mass is 10.1. The Morgan fingerprint density at radius 3 is 2.61 bits per heavy atom.